The van der Waals surface area contributed by atoms with Gasteiger partial charge in [-0.2, -0.15) is 0 Å². The first-order valence-corrected chi connectivity index (χ1v) is 10.1. The Kier molecular flexibility index (Phi) is 6.57. The molecule has 0 spiro atoms. The minimum atomic E-state index is -0.511. The molecule has 0 aliphatic carbocycles. The maximum atomic E-state index is 12.3. The third-order valence-electron chi connectivity index (χ3n) is 5.55. The molecule has 2 aliphatic heterocycles. The van der Waals surface area contributed by atoms with Gasteiger partial charge in [0.25, 0.3) is 11.6 Å². The number of amides is 1. The maximum absolute atomic E-state index is 12.3. The van der Waals surface area contributed by atoms with Crippen LogP contribution in [-0.4, -0.2) is 59.6 Å². The molecule has 0 saturated carbocycles. The summed E-state index contributed by atoms with van der Waals surface area (Å²) in [5.74, 6) is -0.332. The molecule has 0 bridgehead atoms. The Hall–Kier alpha value is -2.85. The Labute approximate surface area is 179 Å². The first kappa shape index (κ1) is 21.4. The number of ether oxygens (including phenoxy) is 3. The van der Waals surface area contributed by atoms with Gasteiger partial charge in [-0.25, -0.2) is 0 Å². The molecule has 2 saturated heterocycles. The Bertz CT molecular complexity index is 906. The van der Waals surface area contributed by atoms with Crippen molar-refractivity contribution in [3.63, 3.8) is 0 Å². The molecule has 2 heterocycles. The van der Waals surface area contributed by atoms with E-state index in [1.54, 1.807) is 0 Å². The smallest absolute Gasteiger partial charge is 0.269 e. The summed E-state index contributed by atoms with van der Waals surface area (Å²) in [6.07, 6.45) is -1.05. The van der Waals surface area contributed by atoms with E-state index in [1.807, 2.05) is 30.3 Å². The Morgan fingerprint density at radius 2 is 1.90 bits per heavy atom. The monoisotopic (exact) mass is 428 g/mol. The van der Waals surface area contributed by atoms with Gasteiger partial charge >= 0.3 is 0 Å². The van der Waals surface area contributed by atoms with Crippen LogP contribution in [0, 0.1) is 10.1 Å². The van der Waals surface area contributed by atoms with Crippen LogP contribution in [0.4, 0.5) is 5.69 Å². The fourth-order valence-corrected chi connectivity index (χ4v) is 3.98. The summed E-state index contributed by atoms with van der Waals surface area (Å²) in [6.45, 7) is 0.512. The lowest BCUT2D eigenvalue weighted by atomic mass is 10.1. The van der Waals surface area contributed by atoms with Gasteiger partial charge in [-0.15, -0.1) is 0 Å². The van der Waals surface area contributed by atoms with Crippen molar-refractivity contribution in [2.24, 2.45) is 0 Å². The van der Waals surface area contributed by atoms with Crippen LogP contribution in [0.2, 0.25) is 0 Å². The van der Waals surface area contributed by atoms with Gasteiger partial charge in [-0.3, -0.25) is 14.9 Å². The standard InChI is InChI=1S/C22H24N2O7/c25-12-19-20(29-13-14-4-2-1-3-5-14)21-18(31-19)10-17(30-21)11-23-22(26)15-6-8-16(9-7-15)24(27)28/h1-9,17-21,25H,10-13H2,(H,23,26)/t17-,18+,19-,20-,21-/m1/s1. The van der Waals surface area contributed by atoms with Crippen LogP contribution in [-0.2, 0) is 20.8 Å². The molecule has 2 aliphatic rings. The van der Waals surface area contributed by atoms with E-state index >= 15 is 0 Å². The van der Waals surface area contributed by atoms with Crippen LogP contribution in [0.5, 0.6) is 0 Å². The highest BCUT2D eigenvalue weighted by Gasteiger charge is 2.51. The average Bonchev–Trinajstić information content (AvgIpc) is 3.34. The minimum Gasteiger partial charge on any atom is -0.394 e. The van der Waals surface area contributed by atoms with Crippen molar-refractivity contribution >= 4 is 11.6 Å². The van der Waals surface area contributed by atoms with E-state index in [0.29, 0.717) is 18.6 Å². The van der Waals surface area contributed by atoms with Crippen LogP contribution in [0.1, 0.15) is 22.3 Å². The van der Waals surface area contributed by atoms with Crippen molar-refractivity contribution in [1.82, 2.24) is 5.32 Å². The second kappa shape index (κ2) is 9.52. The first-order chi connectivity index (χ1) is 15.0. The predicted molar refractivity (Wildman–Crippen MR) is 109 cm³/mol. The first-order valence-electron chi connectivity index (χ1n) is 10.1. The molecule has 2 aromatic rings. The fraction of sp³-hybridized carbons (Fsp3) is 0.409. The Morgan fingerprint density at radius 3 is 2.58 bits per heavy atom. The second-order valence-electron chi connectivity index (χ2n) is 7.63. The van der Waals surface area contributed by atoms with Crippen LogP contribution < -0.4 is 5.32 Å². The van der Waals surface area contributed by atoms with Crippen LogP contribution in [0.3, 0.4) is 0 Å². The lowest BCUT2D eigenvalue weighted by Crippen LogP contribution is -2.38. The number of nitro groups is 1. The number of carbonyl (C=O) groups excluding carboxylic acids is 1. The largest absolute Gasteiger partial charge is 0.394 e. The van der Waals surface area contributed by atoms with Crippen LogP contribution >= 0.6 is 0 Å². The van der Waals surface area contributed by atoms with Gasteiger partial charge in [0.2, 0.25) is 0 Å². The SMILES string of the molecule is O=C(NC[C@H]1C[C@@H]2O[C@H](CO)[C@@H](OCc3ccccc3)[C@@H]2O1)c1ccc([N+](=O)[O-])cc1. The van der Waals surface area contributed by atoms with Gasteiger partial charge in [0.05, 0.1) is 30.3 Å². The van der Waals surface area contributed by atoms with Gasteiger partial charge in [-0.1, -0.05) is 30.3 Å². The summed E-state index contributed by atoms with van der Waals surface area (Å²) in [6, 6.07) is 15.2. The van der Waals surface area contributed by atoms with E-state index < -0.39 is 17.1 Å². The molecular formula is C22H24N2O7. The van der Waals surface area contributed by atoms with E-state index in [-0.39, 0.29) is 43.1 Å². The third kappa shape index (κ3) is 4.91. The molecule has 0 radical (unpaired) electrons. The zero-order valence-electron chi connectivity index (χ0n) is 16.8. The maximum Gasteiger partial charge on any atom is 0.269 e. The van der Waals surface area contributed by atoms with Gasteiger partial charge in [0, 0.05) is 30.7 Å². The number of aliphatic hydroxyl groups is 1. The number of rotatable bonds is 8. The van der Waals surface area contributed by atoms with Gasteiger partial charge < -0.3 is 24.6 Å². The second-order valence-corrected chi connectivity index (χ2v) is 7.63. The number of aliphatic hydroxyl groups excluding tert-OH is 1. The van der Waals surface area contributed by atoms with Crippen LogP contribution in [0.15, 0.2) is 54.6 Å². The number of nitrogens with one attached hydrogen (secondary N) is 1. The van der Waals surface area contributed by atoms with E-state index in [1.165, 1.54) is 24.3 Å². The molecule has 9 heteroatoms. The van der Waals surface area contributed by atoms with Gasteiger partial charge in [0.1, 0.15) is 18.3 Å². The molecular weight excluding hydrogens is 404 g/mol. The van der Waals surface area contributed by atoms with Crippen molar-refractivity contribution in [2.75, 3.05) is 13.2 Å². The van der Waals surface area contributed by atoms with E-state index in [0.717, 1.165) is 5.56 Å². The molecule has 9 nitrogen and oxygen atoms in total. The number of carbonyl (C=O) groups is 1. The molecule has 5 atom stereocenters. The quantitative estimate of drug-likeness (QED) is 0.486. The summed E-state index contributed by atoms with van der Waals surface area (Å²) in [5, 5.41) is 23.2. The van der Waals surface area contributed by atoms with Crippen molar-refractivity contribution < 1.29 is 29.0 Å². The van der Waals surface area contributed by atoms with Crippen molar-refractivity contribution in [1.29, 1.82) is 0 Å². The van der Waals surface area contributed by atoms with Gasteiger partial charge in [-0.05, 0) is 17.7 Å². The molecule has 164 valence electrons. The summed E-state index contributed by atoms with van der Waals surface area (Å²) in [7, 11) is 0. The number of benzene rings is 2. The molecule has 2 N–H and O–H groups in total. The summed E-state index contributed by atoms with van der Waals surface area (Å²) in [4.78, 5) is 22.5. The topological polar surface area (TPSA) is 120 Å². The van der Waals surface area contributed by atoms with E-state index in [2.05, 4.69) is 5.32 Å². The predicted octanol–water partition coefficient (Wildman–Crippen LogP) is 1.83. The molecule has 4 rings (SSSR count). The highest BCUT2D eigenvalue weighted by molar-refractivity contribution is 5.94. The lowest BCUT2D eigenvalue weighted by molar-refractivity contribution is -0.384. The van der Waals surface area contributed by atoms with Crippen molar-refractivity contribution in [3.8, 4) is 0 Å². The molecule has 0 aromatic heterocycles. The molecule has 2 fully saturated rings. The van der Waals surface area contributed by atoms with E-state index in [4.69, 9.17) is 14.2 Å². The number of nitrogens with zero attached hydrogens (tertiary/aromatic N) is 1. The zero-order valence-corrected chi connectivity index (χ0v) is 16.8. The van der Waals surface area contributed by atoms with Gasteiger partial charge in [0.15, 0.2) is 0 Å². The zero-order chi connectivity index (χ0) is 21.8. The minimum absolute atomic E-state index is 0.0689. The normalized spacial score (nSPS) is 27.1. The van der Waals surface area contributed by atoms with E-state index in [9.17, 15) is 20.0 Å². The highest BCUT2D eigenvalue weighted by Crippen LogP contribution is 2.36. The molecule has 0 unspecified atom stereocenters. The summed E-state index contributed by atoms with van der Waals surface area (Å²) < 4.78 is 18.0. The van der Waals surface area contributed by atoms with Crippen molar-refractivity contribution in [3.05, 3.63) is 75.8 Å². The lowest BCUT2D eigenvalue weighted by Gasteiger charge is -2.23. The summed E-state index contributed by atoms with van der Waals surface area (Å²) >= 11 is 0. The third-order valence-corrected chi connectivity index (χ3v) is 5.55. The average molecular weight is 428 g/mol. The molecule has 31 heavy (non-hydrogen) atoms. The number of hydrogen-bond acceptors (Lipinski definition) is 7. The molecule has 1 amide bonds. The number of nitro benzene ring substituents is 1. The Morgan fingerprint density at radius 1 is 1.16 bits per heavy atom. The fourth-order valence-electron chi connectivity index (χ4n) is 3.98. The number of hydrogen-bond donors (Lipinski definition) is 2. The summed E-state index contributed by atoms with van der Waals surface area (Å²) in [5.41, 5.74) is 1.29. The molecule has 2 aromatic carbocycles. The number of fused-ring (bicyclic) bond motifs is 1. The van der Waals surface area contributed by atoms with Crippen LogP contribution in [0.25, 0.3) is 0 Å². The number of non-ortho nitro benzene ring substituents is 1. The van der Waals surface area contributed by atoms with Crippen molar-refractivity contribution in [2.45, 2.75) is 43.5 Å². The highest BCUT2D eigenvalue weighted by atomic mass is 16.6. The Balaban J connectivity index is 1.30.